The lowest BCUT2D eigenvalue weighted by Gasteiger charge is -2.25. The highest BCUT2D eigenvalue weighted by atomic mass is 16.3. The molecule has 4 nitrogen and oxygen atoms in total. The molecule has 2 rings (SSSR count). The van der Waals surface area contributed by atoms with E-state index in [4.69, 9.17) is 4.42 Å². The van der Waals surface area contributed by atoms with Crippen LogP contribution in [-0.2, 0) is 11.2 Å². The zero-order valence-electron chi connectivity index (χ0n) is 13.3. The molecular weight excluding hydrogens is 266 g/mol. The maximum absolute atomic E-state index is 11.8. The summed E-state index contributed by atoms with van der Waals surface area (Å²) in [5.74, 6) is 3.21. The maximum Gasteiger partial charge on any atom is 0.220 e. The maximum atomic E-state index is 11.8. The molecule has 1 aromatic heterocycles. The molecule has 1 amide bonds. The number of hydrogen-bond acceptors (Lipinski definition) is 3. The van der Waals surface area contributed by atoms with E-state index < -0.39 is 5.60 Å². The summed E-state index contributed by atoms with van der Waals surface area (Å²) in [6.07, 6.45) is 3.51. The van der Waals surface area contributed by atoms with Crippen LogP contribution in [0.4, 0.5) is 0 Å². The SMILES string of the molecule is CCC(O)(CC)CNC(=O)CCc1ccc(C2CC2C)o1. The van der Waals surface area contributed by atoms with E-state index in [0.717, 1.165) is 17.4 Å². The monoisotopic (exact) mass is 293 g/mol. The van der Waals surface area contributed by atoms with E-state index in [2.05, 4.69) is 12.2 Å². The standard InChI is InChI=1S/C17H27NO3/c1-4-17(20,5-2)11-18-16(19)9-7-13-6-8-15(21-13)14-10-12(14)3/h6,8,12,14,20H,4-5,7,9-11H2,1-3H3,(H,18,19). The van der Waals surface area contributed by atoms with Crippen molar-refractivity contribution in [2.45, 2.75) is 64.4 Å². The average molecular weight is 293 g/mol. The Hall–Kier alpha value is -1.29. The molecule has 1 aromatic rings. The molecule has 1 fully saturated rings. The van der Waals surface area contributed by atoms with Gasteiger partial charge in [0.25, 0.3) is 0 Å². The average Bonchev–Trinajstić information content (AvgIpc) is 3.03. The van der Waals surface area contributed by atoms with Gasteiger partial charge in [-0.25, -0.2) is 0 Å². The highest BCUT2D eigenvalue weighted by Crippen LogP contribution is 2.47. The van der Waals surface area contributed by atoms with Crippen LogP contribution >= 0.6 is 0 Å². The molecule has 0 radical (unpaired) electrons. The third-order valence-electron chi connectivity index (χ3n) is 4.69. The largest absolute Gasteiger partial charge is 0.466 e. The molecule has 1 aliphatic carbocycles. The minimum Gasteiger partial charge on any atom is -0.466 e. The van der Waals surface area contributed by atoms with E-state index in [1.807, 2.05) is 26.0 Å². The Balaban J connectivity index is 1.72. The minimum absolute atomic E-state index is 0.0342. The van der Waals surface area contributed by atoms with Gasteiger partial charge >= 0.3 is 0 Å². The van der Waals surface area contributed by atoms with Crippen LogP contribution in [0.25, 0.3) is 0 Å². The van der Waals surface area contributed by atoms with Gasteiger partial charge in [0.2, 0.25) is 5.91 Å². The second-order valence-electron chi connectivity index (χ2n) is 6.33. The van der Waals surface area contributed by atoms with Crippen molar-refractivity contribution in [1.29, 1.82) is 0 Å². The number of nitrogens with one attached hydrogen (secondary N) is 1. The number of aryl methyl sites for hydroxylation is 1. The van der Waals surface area contributed by atoms with E-state index in [9.17, 15) is 9.90 Å². The number of aliphatic hydroxyl groups is 1. The van der Waals surface area contributed by atoms with Gasteiger partial charge in [-0.05, 0) is 37.3 Å². The second kappa shape index (κ2) is 6.65. The van der Waals surface area contributed by atoms with Gasteiger partial charge in [0.15, 0.2) is 0 Å². The zero-order valence-corrected chi connectivity index (χ0v) is 13.3. The van der Waals surface area contributed by atoms with Gasteiger partial charge in [0.05, 0.1) is 5.60 Å². The summed E-state index contributed by atoms with van der Waals surface area (Å²) < 4.78 is 5.79. The fourth-order valence-electron chi connectivity index (χ4n) is 2.53. The zero-order chi connectivity index (χ0) is 15.5. The number of carbonyl (C=O) groups is 1. The number of carbonyl (C=O) groups excluding carboxylic acids is 1. The van der Waals surface area contributed by atoms with Crippen LogP contribution in [0.1, 0.15) is 63.9 Å². The minimum atomic E-state index is -0.782. The summed E-state index contributed by atoms with van der Waals surface area (Å²) in [5.41, 5.74) is -0.782. The lowest BCUT2D eigenvalue weighted by atomic mass is 9.97. The Labute approximate surface area is 126 Å². The molecular formula is C17H27NO3. The molecule has 2 atom stereocenters. The Morgan fingerprint density at radius 3 is 2.67 bits per heavy atom. The molecule has 0 spiro atoms. The fourth-order valence-corrected chi connectivity index (χ4v) is 2.53. The van der Waals surface area contributed by atoms with Crippen molar-refractivity contribution in [2.24, 2.45) is 5.92 Å². The van der Waals surface area contributed by atoms with Gasteiger partial charge in [-0.1, -0.05) is 20.8 Å². The number of furan rings is 1. The van der Waals surface area contributed by atoms with E-state index >= 15 is 0 Å². The van der Waals surface area contributed by atoms with Crippen LogP contribution in [0.2, 0.25) is 0 Å². The molecule has 0 saturated heterocycles. The lowest BCUT2D eigenvalue weighted by molar-refractivity contribution is -0.122. The van der Waals surface area contributed by atoms with E-state index in [0.29, 0.717) is 38.1 Å². The van der Waals surface area contributed by atoms with Crippen LogP contribution in [0.3, 0.4) is 0 Å². The van der Waals surface area contributed by atoms with Gasteiger partial charge in [-0.3, -0.25) is 4.79 Å². The molecule has 4 heteroatoms. The van der Waals surface area contributed by atoms with E-state index in [-0.39, 0.29) is 5.91 Å². The highest BCUT2D eigenvalue weighted by Gasteiger charge is 2.36. The topological polar surface area (TPSA) is 62.5 Å². The summed E-state index contributed by atoms with van der Waals surface area (Å²) in [6.45, 7) is 6.41. The first-order valence-corrected chi connectivity index (χ1v) is 8.05. The first-order chi connectivity index (χ1) is 9.97. The summed E-state index contributed by atoms with van der Waals surface area (Å²) in [4.78, 5) is 11.8. The number of rotatable bonds is 8. The lowest BCUT2D eigenvalue weighted by Crippen LogP contribution is -2.42. The molecule has 0 aromatic carbocycles. The van der Waals surface area contributed by atoms with E-state index in [1.165, 1.54) is 6.42 Å². The highest BCUT2D eigenvalue weighted by molar-refractivity contribution is 5.76. The quantitative estimate of drug-likeness (QED) is 0.774. The summed E-state index contributed by atoms with van der Waals surface area (Å²) in [5, 5.41) is 12.9. The van der Waals surface area contributed by atoms with Gasteiger partial charge < -0.3 is 14.8 Å². The van der Waals surface area contributed by atoms with Gasteiger partial charge in [0.1, 0.15) is 11.5 Å². The van der Waals surface area contributed by atoms with Gasteiger partial charge in [-0.2, -0.15) is 0 Å². The Kier molecular flexibility index (Phi) is 5.09. The fraction of sp³-hybridized carbons (Fsp3) is 0.706. The predicted octanol–water partition coefficient (Wildman–Crippen LogP) is 3.00. The summed E-state index contributed by atoms with van der Waals surface area (Å²) in [6, 6.07) is 4.01. The second-order valence-corrected chi connectivity index (χ2v) is 6.33. The van der Waals surface area contributed by atoms with Crippen molar-refractivity contribution in [3.8, 4) is 0 Å². The Morgan fingerprint density at radius 2 is 2.10 bits per heavy atom. The molecule has 118 valence electrons. The number of amides is 1. The molecule has 2 N–H and O–H groups in total. The molecule has 1 saturated carbocycles. The first-order valence-electron chi connectivity index (χ1n) is 8.05. The van der Waals surface area contributed by atoms with Gasteiger partial charge in [-0.15, -0.1) is 0 Å². The molecule has 0 bridgehead atoms. The molecule has 2 unspecified atom stereocenters. The normalized spacial score (nSPS) is 21.3. The van der Waals surface area contributed by atoms with Crippen molar-refractivity contribution >= 4 is 5.91 Å². The Morgan fingerprint density at radius 1 is 1.43 bits per heavy atom. The predicted molar refractivity (Wildman–Crippen MR) is 82.1 cm³/mol. The van der Waals surface area contributed by atoms with Crippen LogP contribution in [0, 0.1) is 5.92 Å². The smallest absolute Gasteiger partial charge is 0.220 e. The Bertz CT molecular complexity index is 476. The van der Waals surface area contributed by atoms with Crippen molar-refractivity contribution < 1.29 is 14.3 Å². The van der Waals surface area contributed by atoms with Crippen LogP contribution < -0.4 is 5.32 Å². The summed E-state index contributed by atoms with van der Waals surface area (Å²) >= 11 is 0. The number of hydrogen-bond donors (Lipinski definition) is 2. The molecule has 21 heavy (non-hydrogen) atoms. The van der Waals surface area contributed by atoms with Crippen molar-refractivity contribution in [2.75, 3.05) is 6.54 Å². The third kappa shape index (κ3) is 4.34. The van der Waals surface area contributed by atoms with Crippen LogP contribution in [0.15, 0.2) is 16.5 Å². The molecule has 1 aliphatic rings. The van der Waals surface area contributed by atoms with Crippen LogP contribution in [0.5, 0.6) is 0 Å². The molecule has 1 heterocycles. The van der Waals surface area contributed by atoms with Crippen LogP contribution in [-0.4, -0.2) is 23.2 Å². The van der Waals surface area contributed by atoms with Crippen molar-refractivity contribution in [3.63, 3.8) is 0 Å². The first kappa shape index (κ1) is 16.1. The van der Waals surface area contributed by atoms with Crippen molar-refractivity contribution in [3.05, 3.63) is 23.7 Å². The summed E-state index contributed by atoms with van der Waals surface area (Å²) in [7, 11) is 0. The third-order valence-corrected chi connectivity index (χ3v) is 4.69. The molecule has 0 aliphatic heterocycles. The van der Waals surface area contributed by atoms with Crippen molar-refractivity contribution in [1.82, 2.24) is 5.32 Å². The van der Waals surface area contributed by atoms with E-state index in [1.54, 1.807) is 0 Å². The van der Waals surface area contributed by atoms with Gasteiger partial charge in [0, 0.05) is 25.3 Å².